The van der Waals surface area contributed by atoms with E-state index in [0.717, 1.165) is 12.8 Å². The van der Waals surface area contributed by atoms with Crippen LogP contribution in [0, 0.1) is 0 Å². The summed E-state index contributed by atoms with van der Waals surface area (Å²) in [7, 11) is 1.36. The molecule has 0 aliphatic rings. The second-order valence-electron chi connectivity index (χ2n) is 4.59. The Hall–Kier alpha value is -0.613. The van der Waals surface area contributed by atoms with Crippen molar-refractivity contribution in [3.63, 3.8) is 0 Å². The fourth-order valence-electron chi connectivity index (χ4n) is 1.85. The Morgan fingerprint density at radius 2 is 2.12 bits per heavy atom. The lowest BCUT2D eigenvalue weighted by Gasteiger charge is -2.13. The van der Waals surface area contributed by atoms with Crippen molar-refractivity contribution < 1.29 is 14.3 Å². The molecule has 0 rings (SSSR count). The van der Waals surface area contributed by atoms with Crippen LogP contribution >= 0.6 is 0 Å². The molecule has 0 bridgehead atoms. The Bertz CT molecular complexity index is 239. The molecule has 0 saturated heterocycles. The Balaban J connectivity index is 3.91. The number of rotatable bonds is 10. The fraction of sp³-hybridized carbons (Fsp3) is 0.769. The van der Waals surface area contributed by atoms with Crippen LogP contribution in [0.5, 0.6) is 0 Å². The van der Waals surface area contributed by atoms with Gasteiger partial charge in [-0.1, -0.05) is 38.7 Å². The van der Waals surface area contributed by atoms with Crippen molar-refractivity contribution in [3.05, 3.63) is 11.6 Å². The van der Waals surface area contributed by atoms with Crippen LogP contribution < -0.4 is 0 Å². The maximum absolute atomic E-state index is 10.6. The van der Waals surface area contributed by atoms with Crippen molar-refractivity contribution in [2.45, 2.75) is 57.9 Å². The van der Waals surface area contributed by atoms with Gasteiger partial charge in [-0.2, -0.15) is 0 Å². The molecule has 0 aromatic heterocycles. The third-order valence-corrected chi connectivity index (χ3v) is 4.60. The zero-order chi connectivity index (χ0) is 13.1. The SMILES string of the molecule is CCCCCC(CC/C=C(\C)C(=O)O)[SiH2]OC. The molecule has 0 aromatic carbocycles. The lowest BCUT2D eigenvalue weighted by atomic mass is 10.1. The van der Waals surface area contributed by atoms with Gasteiger partial charge in [0, 0.05) is 12.7 Å². The normalized spacial score (nSPS) is 14.4. The number of aliphatic carboxylic acids is 1. The highest BCUT2D eigenvalue weighted by atomic mass is 28.2. The number of carboxylic acid groups (broad SMARTS) is 1. The second kappa shape index (κ2) is 10.5. The molecule has 3 nitrogen and oxygen atoms in total. The van der Waals surface area contributed by atoms with E-state index in [4.69, 9.17) is 9.53 Å². The average Bonchev–Trinajstić information content (AvgIpc) is 2.29. The highest BCUT2D eigenvalue weighted by molar-refractivity contribution is 6.29. The highest BCUT2D eigenvalue weighted by Gasteiger charge is 2.08. The summed E-state index contributed by atoms with van der Waals surface area (Å²) in [6.07, 6.45) is 8.84. The van der Waals surface area contributed by atoms with Crippen molar-refractivity contribution >= 4 is 15.7 Å². The van der Waals surface area contributed by atoms with Crippen LogP contribution in [0.15, 0.2) is 11.6 Å². The highest BCUT2D eigenvalue weighted by Crippen LogP contribution is 2.21. The summed E-state index contributed by atoms with van der Waals surface area (Å²) >= 11 is 0. The number of allylic oxidation sites excluding steroid dienone is 1. The summed E-state index contributed by atoms with van der Waals surface area (Å²) in [6, 6.07) is 0. The van der Waals surface area contributed by atoms with E-state index in [2.05, 4.69) is 6.92 Å². The first kappa shape index (κ1) is 16.4. The Morgan fingerprint density at radius 1 is 1.41 bits per heavy atom. The summed E-state index contributed by atoms with van der Waals surface area (Å²) < 4.78 is 5.34. The van der Waals surface area contributed by atoms with Crippen LogP contribution in [0.2, 0.25) is 5.54 Å². The number of unbranched alkanes of at least 4 members (excludes halogenated alkanes) is 2. The predicted octanol–water partition coefficient (Wildman–Crippen LogP) is 2.90. The van der Waals surface area contributed by atoms with Gasteiger partial charge in [0.15, 0.2) is 9.76 Å². The van der Waals surface area contributed by atoms with Gasteiger partial charge in [0.05, 0.1) is 0 Å². The summed E-state index contributed by atoms with van der Waals surface area (Å²) in [4.78, 5) is 10.6. The lowest BCUT2D eigenvalue weighted by Crippen LogP contribution is -2.06. The third kappa shape index (κ3) is 9.12. The predicted molar refractivity (Wildman–Crippen MR) is 74.1 cm³/mol. The average molecular weight is 258 g/mol. The molecule has 17 heavy (non-hydrogen) atoms. The maximum atomic E-state index is 10.6. The number of carbonyl (C=O) groups is 1. The molecule has 0 fully saturated rings. The van der Waals surface area contributed by atoms with Crippen LogP contribution in [0.25, 0.3) is 0 Å². The summed E-state index contributed by atoms with van der Waals surface area (Å²) in [6.45, 7) is 3.86. The van der Waals surface area contributed by atoms with Gasteiger partial charge in [0.25, 0.3) is 0 Å². The van der Waals surface area contributed by atoms with Gasteiger partial charge in [-0.25, -0.2) is 4.79 Å². The van der Waals surface area contributed by atoms with Crippen molar-refractivity contribution in [1.82, 2.24) is 0 Å². The molecular formula is C13H26O3Si. The van der Waals surface area contributed by atoms with E-state index in [1.807, 2.05) is 6.08 Å². The molecular weight excluding hydrogens is 232 g/mol. The van der Waals surface area contributed by atoms with E-state index in [9.17, 15) is 4.79 Å². The first-order valence-electron chi connectivity index (χ1n) is 6.50. The number of carboxylic acids is 1. The summed E-state index contributed by atoms with van der Waals surface area (Å²) in [5, 5.41) is 8.74. The maximum Gasteiger partial charge on any atom is 0.330 e. The minimum atomic E-state index is -0.809. The minimum absolute atomic E-state index is 0.433. The molecule has 0 heterocycles. The van der Waals surface area contributed by atoms with E-state index in [-0.39, 0.29) is 0 Å². The largest absolute Gasteiger partial charge is 0.478 e. The Labute approximate surface area is 107 Å². The number of hydrogen-bond donors (Lipinski definition) is 1. The third-order valence-electron chi connectivity index (χ3n) is 2.98. The monoisotopic (exact) mass is 258 g/mol. The number of hydrogen-bond acceptors (Lipinski definition) is 2. The zero-order valence-electron chi connectivity index (χ0n) is 11.4. The van der Waals surface area contributed by atoms with E-state index in [0.29, 0.717) is 11.1 Å². The van der Waals surface area contributed by atoms with Gasteiger partial charge in [0.1, 0.15) is 0 Å². The molecule has 0 radical (unpaired) electrons. The summed E-state index contributed by atoms with van der Waals surface area (Å²) in [5.41, 5.74) is 1.15. The van der Waals surface area contributed by atoms with Gasteiger partial charge >= 0.3 is 5.97 Å². The lowest BCUT2D eigenvalue weighted by molar-refractivity contribution is -0.132. The van der Waals surface area contributed by atoms with E-state index >= 15 is 0 Å². The van der Waals surface area contributed by atoms with Gasteiger partial charge in [-0.3, -0.25) is 0 Å². The minimum Gasteiger partial charge on any atom is -0.478 e. The standard InChI is InChI=1S/C13H26O3Si/c1-4-5-6-9-12(17-16-3)10-7-8-11(2)13(14)15/h8,12H,4-7,9-10,17H2,1-3H3,(H,14,15)/b11-8+. The van der Waals surface area contributed by atoms with Gasteiger partial charge in [0.2, 0.25) is 0 Å². The van der Waals surface area contributed by atoms with Crippen LogP contribution in [0.3, 0.4) is 0 Å². The van der Waals surface area contributed by atoms with Crippen LogP contribution in [-0.2, 0) is 9.22 Å². The topological polar surface area (TPSA) is 46.5 Å². The fourth-order valence-corrected chi connectivity index (χ4v) is 3.18. The van der Waals surface area contributed by atoms with Gasteiger partial charge < -0.3 is 9.53 Å². The van der Waals surface area contributed by atoms with Gasteiger partial charge in [-0.15, -0.1) is 0 Å². The quantitative estimate of drug-likeness (QED) is 0.372. The first-order valence-corrected chi connectivity index (χ1v) is 7.90. The second-order valence-corrected chi connectivity index (χ2v) is 6.65. The van der Waals surface area contributed by atoms with Crippen molar-refractivity contribution in [1.29, 1.82) is 0 Å². The van der Waals surface area contributed by atoms with Crippen LogP contribution in [0.4, 0.5) is 0 Å². The van der Waals surface area contributed by atoms with Crippen LogP contribution in [0.1, 0.15) is 52.4 Å². The van der Waals surface area contributed by atoms with E-state index < -0.39 is 15.7 Å². The first-order chi connectivity index (χ1) is 8.11. The molecule has 0 saturated carbocycles. The molecule has 0 amide bonds. The van der Waals surface area contributed by atoms with Gasteiger partial charge in [-0.05, 0) is 25.3 Å². The Kier molecular flexibility index (Phi) is 10.2. The van der Waals surface area contributed by atoms with Crippen molar-refractivity contribution in [2.24, 2.45) is 0 Å². The molecule has 0 spiro atoms. The molecule has 0 aromatic rings. The molecule has 1 unspecified atom stereocenters. The molecule has 0 aliphatic carbocycles. The van der Waals surface area contributed by atoms with Crippen molar-refractivity contribution in [3.8, 4) is 0 Å². The van der Waals surface area contributed by atoms with Crippen LogP contribution in [-0.4, -0.2) is 27.9 Å². The Morgan fingerprint density at radius 3 is 2.65 bits per heavy atom. The summed E-state index contributed by atoms with van der Waals surface area (Å²) in [5.74, 6) is -0.809. The molecule has 1 N–H and O–H groups in total. The van der Waals surface area contributed by atoms with E-state index in [1.54, 1.807) is 14.0 Å². The molecule has 1 atom stereocenters. The van der Waals surface area contributed by atoms with E-state index in [1.165, 1.54) is 25.7 Å². The molecule has 4 heteroatoms. The molecule has 100 valence electrons. The molecule has 0 aliphatic heterocycles. The van der Waals surface area contributed by atoms with Crippen molar-refractivity contribution in [2.75, 3.05) is 7.11 Å². The zero-order valence-corrected chi connectivity index (χ0v) is 12.8. The smallest absolute Gasteiger partial charge is 0.330 e.